The molecule has 136 valence electrons. The van der Waals surface area contributed by atoms with Crippen LogP contribution >= 0.6 is 11.3 Å². The molecule has 0 spiro atoms. The van der Waals surface area contributed by atoms with Gasteiger partial charge in [0.25, 0.3) is 5.91 Å². The Morgan fingerprint density at radius 1 is 1.19 bits per heavy atom. The number of fused-ring (bicyclic) bond motifs is 1. The second-order valence-corrected chi connectivity index (χ2v) is 7.72. The summed E-state index contributed by atoms with van der Waals surface area (Å²) in [6.45, 7) is 4.21. The molecule has 5 nitrogen and oxygen atoms in total. The summed E-state index contributed by atoms with van der Waals surface area (Å²) in [5.41, 5.74) is 1.30. The minimum Gasteiger partial charge on any atom is -0.348 e. The normalized spacial score (nSPS) is 15.1. The van der Waals surface area contributed by atoms with Crippen molar-refractivity contribution in [2.45, 2.75) is 32.7 Å². The largest absolute Gasteiger partial charge is 0.348 e. The molecule has 1 aliphatic rings. The average molecular weight is 370 g/mol. The van der Waals surface area contributed by atoms with Crippen LogP contribution in [0, 0.1) is 5.92 Å². The van der Waals surface area contributed by atoms with Crippen molar-refractivity contribution in [2.75, 3.05) is 6.54 Å². The van der Waals surface area contributed by atoms with E-state index < -0.39 is 0 Å². The van der Waals surface area contributed by atoms with Crippen LogP contribution in [0.3, 0.4) is 0 Å². The van der Waals surface area contributed by atoms with Crippen LogP contribution in [0.5, 0.6) is 0 Å². The van der Waals surface area contributed by atoms with Crippen LogP contribution in [0.2, 0.25) is 0 Å². The summed E-state index contributed by atoms with van der Waals surface area (Å²) in [5.74, 6) is -0.470. The topological polar surface area (TPSA) is 66.5 Å². The zero-order valence-corrected chi connectivity index (χ0v) is 15.7. The van der Waals surface area contributed by atoms with Crippen molar-refractivity contribution >= 4 is 29.1 Å². The van der Waals surface area contributed by atoms with Gasteiger partial charge >= 0.3 is 0 Å². The van der Waals surface area contributed by atoms with E-state index in [1.807, 2.05) is 23.6 Å². The molecular formula is C20H22N2O3S. The molecule has 26 heavy (non-hydrogen) atoms. The van der Waals surface area contributed by atoms with E-state index in [4.69, 9.17) is 0 Å². The minimum atomic E-state index is -0.316. The lowest BCUT2D eigenvalue weighted by Gasteiger charge is -2.27. The predicted octanol–water partition coefficient (Wildman–Crippen LogP) is 3.18. The van der Waals surface area contributed by atoms with E-state index in [2.05, 4.69) is 19.2 Å². The number of amides is 3. The fraction of sp³-hybridized carbons (Fsp3) is 0.350. The Kier molecular flexibility index (Phi) is 5.52. The van der Waals surface area contributed by atoms with Crippen molar-refractivity contribution in [3.05, 3.63) is 57.8 Å². The highest BCUT2D eigenvalue weighted by Crippen LogP contribution is 2.26. The van der Waals surface area contributed by atoms with Crippen molar-refractivity contribution in [3.8, 4) is 0 Å². The molecule has 1 aromatic heterocycles. The van der Waals surface area contributed by atoms with Gasteiger partial charge in [-0.15, -0.1) is 11.3 Å². The van der Waals surface area contributed by atoms with E-state index in [9.17, 15) is 14.4 Å². The van der Waals surface area contributed by atoms with E-state index in [0.29, 0.717) is 5.56 Å². The number of hydrogen-bond acceptors (Lipinski definition) is 4. The Hall–Kier alpha value is -2.47. The molecule has 0 radical (unpaired) electrons. The number of rotatable bonds is 6. The lowest BCUT2D eigenvalue weighted by Crippen LogP contribution is -2.44. The zero-order chi connectivity index (χ0) is 18.7. The van der Waals surface area contributed by atoms with Crippen molar-refractivity contribution in [1.82, 2.24) is 10.2 Å². The highest BCUT2D eigenvalue weighted by Gasteiger charge is 2.31. The number of carbonyl (C=O) groups excluding carboxylic acids is 3. The first-order valence-electron chi connectivity index (χ1n) is 8.72. The number of carbonyl (C=O) groups is 3. The molecule has 3 amide bonds. The van der Waals surface area contributed by atoms with E-state index >= 15 is 0 Å². The van der Waals surface area contributed by atoms with Crippen LogP contribution < -0.4 is 5.32 Å². The maximum Gasteiger partial charge on any atom is 0.260 e. The maximum absolute atomic E-state index is 12.5. The van der Waals surface area contributed by atoms with Gasteiger partial charge < -0.3 is 5.32 Å². The van der Waals surface area contributed by atoms with Gasteiger partial charge in [0, 0.05) is 23.4 Å². The molecule has 6 heteroatoms. The van der Waals surface area contributed by atoms with Gasteiger partial charge in [-0.1, -0.05) is 38.1 Å². The minimum absolute atomic E-state index is 0.0593. The first-order valence-corrected chi connectivity index (χ1v) is 9.60. The van der Waals surface area contributed by atoms with E-state index in [1.165, 1.54) is 4.90 Å². The van der Waals surface area contributed by atoms with Gasteiger partial charge in [0.1, 0.15) is 0 Å². The Morgan fingerprint density at radius 3 is 2.65 bits per heavy atom. The molecule has 1 atom stereocenters. The van der Waals surface area contributed by atoms with Crippen molar-refractivity contribution < 1.29 is 14.4 Å². The van der Waals surface area contributed by atoms with Gasteiger partial charge in [0.2, 0.25) is 11.8 Å². The molecule has 1 N–H and O–H groups in total. The summed E-state index contributed by atoms with van der Waals surface area (Å²) in [7, 11) is 0. The van der Waals surface area contributed by atoms with Crippen molar-refractivity contribution in [3.63, 3.8) is 0 Å². The number of nitrogens with one attached hydrogen (secondary N) is 1. The Labute approximate surface area is 157 Å². The zero-order valence-electron chi connectivity index (χ0n) is 14.9. The lowest BCUT2D eigenvalue weighted by atomic mass is 9.98. The quantitative estimate of drug-likeness (QED) is 0.794. The van der Waals surface area contributed by atoms with E-state index in [-0.39, 0.29) is 49.1 Å². The molecule has 0 fully saturated rings. The Bertz CT molecular complexity index is 814. The van der Waals surface area contributed by atoms with Gasteiger partial charge in [-0.3, -0.25) is 19.3 Å². The Balaban J connectivity index is 1.62. The van der Waals surface area contributed by atoms with Crippen LogP contribution in [0.25, 0.3) is 0 Å². The second-order valence-electron chi connectivity index (χ2n) is 6.74. The molecule has 1 aromatic carbocycles. The first-order chi connectivity index (χ1) is 12.5. The van der Waals surface area contributed by atoms with Crippen LogP contribution in [0.1, 0.15) is 47.1 Å². The molecule has 0 saturated carbocycles. The molecule has 3 rings (SSSR count). The molecule has 0 aliphatic carbocycles. The fourth-order valence-electron chi connectivity index (χ4n) is 3.12. The standard InChI is InChI=1S/C20H22N2O3S/c1-13(2)19(16-8-5-11-26-16)21-17(23)9-10-22-18(24)12-14-6-3-4-7-15(14)20(22)25/h3-8,11,13,19H,9-10,12H2,1-2H3,(H,21,23)/t19-/m1/s1. The summed E-state index contributed by atoms with van der Waals surface area (Å²) in [6, 6.07) is 11.0. The molecule has 1 aliphatic heterocycles. The first kappa shape index (κ1) is 18.3. The molecule has 2 heterocycles. The third-order valence-corrected chi connectivity index (χ3v) is 5.49. The van der Waals surface area contributed by atoms with Crippen molar-refractivity contribution in [1.29, 1.82) is 0 Å². The second kappa shape index (κ2) is 7.83. The van der Waals surface area contributed by atoms with Gasteiger partial charge in [0.05, 0.1) is 12.5 Å². The van der Waals surface area contributed by atoms with Gasteiger partial charge in [0.15, 0.2) is 0 Å². The van der Waals surface area contributed by atoms with Crippen molar-refractivity contribution in [2.24, 2.45) is 5.92 Å². The monoisotopic (exact) mass is 370 g/mol. The molecule has 0 unspecified atom stereocenters. The maximum atomic E-state index is 12.5. The summed E-state index contributed by atoms with van der Waals surface area (Å²) < 4.78 is 0. The number of imide groups is 1. The van der Waals surface area contributed by atoms with E-state index in [1.54, 1.807) is 29.5 Å². The van der Waals surface area contributed by atoms with Crippen LogP contribution in [0.4, 0.5) is 0 Å². The highest BCUT2D eigenvalue weighted by atomic mass is 32.1. The number of hydrogen-bond donors (Lipinski definition) is 1. The average Bonchev–Trinajstić information content (AvgIpc) is 3.13. The van der Waals surface area contributed by atoms with Gasteiger partial charge in [-0.05, 0) is 29.0 Å². The van der Waals surface area contributed by atoms with E-state index in [0.717, 1.165) is 10.4 Å². The lowest BCUT2D eigenvalue weighted by molar-refractivity contribution is -0.129. The van der Waals surface area contributed by atoms with Crippen LogP contribution in [0.15, 0.2) is 41.8 Å². The third-order valence-electron chi connectivity index (χ3n) is 4.53. The Morgan fingerprint density at radius 2 is 1.96 bits per heavy atom. The fourth-order valence-corrected chi connectivity index (χ4v) is 4.07. The van der Waals surface area contributed by atoms with Crippen LogP contribution in [-0.2, 0) is 16.0 Å². The van der Waals surface area contributed by atoms with Gasteiger partial charge in [-0.25, -0.2) is 0 Å². The third kappa shape index (κ3) is 3.85. The molecule has 0 bridgehead atoms. The summed E-state index contributed by atoms with van der Waals surface area (Å²) in [4.78, 5) is 39.5. The SMILES string of the molecule is CC(C)[C@@H](NC(=O)CCN1C(=O)Cc2ccccc2C1=O)c1cccs1. The summed E-state index contributed by atoms with van der Waals surface area (Å²) in [5, 5.41) is 5.01. The molecule has 0 saturated heterocycles. The molecular weight excluding hydrogens is 348 g/mol. The molecule has 2 aromatic rings. The van der Waals surface area contributed by atoms with Gasteiger partial charge in [-0.2, -0.15) is 0 Å². The number of nitrogens with zero attached hydrogens (tertiary/aromatic N) is 1. The highest BCUT2D eigenvalue weighted by molar-refractivity contribution is 7.10. The smallest absolute Gasteiger partial charge is 0.260 e. The summed E-state index contributed by atoms with van der Waals surface area (Å²) in [6.07, 6.45) is 0.307. The number of thiophene rings is 1. The van der Waals surface area contributed by atoms with Crippen LogP contribution in [-0.4, -0.2) is 29.2 Å². The summed E-state index contributed by atoms with van der Waals surface area (Å²) >= 11 is 1.61. The number of benzene rings is 1. The predicted molar refractivity (Wildman–Crippen MR) is 101 cm³/mol.